The maximum Gasteiger partial charge on any atom is 0.127 e. The van der Waals surface area contributed by atoms with Crippen LogP contribution in [0.5, 0.6) is 5.75 Å². The Labute approximate surface area is 123 Å². The van der Waals surface area contributed by atoms with Crippen molar-refractivity contribution < 1.29 is 4.74 Å². The molecule has 0 saturated heterocycles. The SMILES string of the molecule is COc1ccc(C2=NNC(=S)c3ccccc3C2)cc1. The van der Waals surface area contributed by atoms with Crippen molar-refractivity contribution in [1.82, 2.24) is 5.43 Å². The molecule has 3 rings (SSSR count). The largest absolute Gasteiger partial charge is 0.497 e. The fraction of sp³-hybridized carbons (Fsp3) is 0.125. The molecule has 20 heavy (non-hydrogen) atoms. The highest BCUT2D eigenvalue weighted by Gasteiger charge is 2.15. The molecule has 1 aliphatic heterocycles. The van der Waals surface area contributed by atoms with E-state index in [1.165, 1.54) is 5.56 Å². The van der Waals surface area contributed by atoms with Gasteiger partial charge in [0, 0.05) is 12.0 Å². The summed E-state index contributed by atoms with van der Waals surface area (Å²) >= 11 is 5.35. The topological polar surface area (TPSA) is 33.6 Å². The van der Waals surface area contributed by atoms with E-state index < -0.39 is 0 Å². The lowest BCUT2D eigenvalue weighted by Crippen LogP contribution is -2.16. The van der Waals surface area contributed by atoms with Crippen LogP contribution in [0.2, 0.25) is 0 Å². The number of rotatable bonds is 2. The van der Waals surface area contributed by atoms with Gasteiger partial charge in [0.1, 0.15) is 10.7 Å². The zero-order valence-corrected chi connectivity index (χ0v) is 11.9. The molecule has 0 amide bonds. The second-order valence-corrected chi connectivity index (χ2v) is 4.97. The van der Waals surface area contributed by atoms with Gasteiger partial charge < -0.3 is 4.74 Å². The average Bonchev–Trinajstić information content (AvgIpc) is 2.67. The van der Waals surface area contributed by atoms with Crippen LogP contribution in [0.3, 0.4) is 0 Å². The number of benzene rings is 2. The Kier molecular flexibility index (Phi) is 3.48. The van der Waals surface area contributed by atoms with Crippen LogP contribution in [0, 0.1) is 0 Å². The molecule has 3 nitrogen and oxygen atoms in total. The molecule has 0 atom stereocenters. The molecule has 4 heteroatoms. The third-order valence-corrected chi connectivity index (χ3v) is 3.65. The predicted octanol–water partition coefficient (Wildman–Crippen LogP) is 2.92. The lowest BCUT2D eigenvalue weighted by atomic mass is 9.98. The van der Waals surface area contributed by atoms with E-state index in [1.54, 1.807) is 7.11 Å². The van der Waals surface area contributed by atoms with Crippen LogP contribution < -0.4 is 10.2 Å². The van der Waals surface area contributed by atoms with Crippen molar-refractivity contribution >= 4 is 22.9 Å². The van der Waals surface area contributed by atoms with Gasteiger partial charge in [0.15, 0.2) is 0 Å². The van der Waals surface area contributed by atoms with Gasteiger partial charge in [-0.3, -0.25) is 5.43 Å². The molecule has 1 N–H and O–H groups in total. The van der Waals surface area contributed by atoms with Gasteiger partial charge >= 0.3 is 0 Å². The molecule has 2 aromatic carbocycles. The van der Waals surface area contributed by atoms with Crippen LogP contribution in [0.25, 0.3) is 0 Å². The zero-order chi connectivity index (χ0) is 13.9. The van der Waals surface area contributed by atoms with Gasteiger partial charge in [0.25, 0.3) is 0 Å². The molecule has 0 saturated carbocycles. The van der Waals surface area contributed by atoms with Crippen LogP contribution in [0.1, 0.15) is 16.7 Å². The van der Waals surface area contributed by atoms with Gasteiger partial charge in [-0.1, -0.05) is 36.5 Å². The van der Waals surface area contributed by atoms with Gasteiger partial charge in [0.05, 0.1) is 12.8 Å². The second-order valence-electron chi connectivity index (χ2n) is 4.56. The first-order valence-electron chi connectivity index (χ1n) is 6.37. The lowest BCUT2D eigenvalue weighted by Gasteiger charge is -2.06. The number of methoxy groups -OCH3 is 1. The average molecular weight is 282 g/mol. The summed E-state index contributed by atoms with van der Waals surface area (Å²) in [6.45, 7) is 0. The summed E-state index contributed by atoms with van der Waals surface area (Å²) < 4.78 is 5.18. The molecule has 1 heterocycles. The molecule has 1 aliphatic rings. The summed E-state index contributed by atoms with van der Waals surface area (Å²) in [6.07, 6.45) is 0.760. The Bertz CT molecular complexity index is 677. The highest BCUT2D eigenvalue weighted by atomic mass is 32.1. The van der Waals surface area contributed by atoms with Crippen LogP contribution >= 0.6 is 12.2 Å². The third-order valence-electron chi connectivity index (χ3n) is 3.34. The van der Waals surface area contributed by atoms with E-state index in [0.29, 0.717) is 4.99 Å². The maximum atomic E-state index is 5.35. The number of nitrogens with one attached hydrogen (secondary N) is 1. The van der Waals surface area contributed by atoms with Crippen LogP contribution in [-0.4, -0.2) is 17.8 Å². The summed E-state index contributed by atoms with van der Waals surface area (Å²) in [7, 11) is 1.66. The molecule has 0 bridgehead atoms. The molecule has 0 aromatic heterocycles. The Balaban J connectivity index is 1.97. The van der Waals surface area contributed by atoms with E-state index in [0.717, 1.165) is 29.0 Å². The second kappa shape index (κ2) is 5.43. The smallest absolute Gasteiger partial charge is 0.127 e. The number of fused-ring (bicyclic) bond motifs is 1. The van der Waals surface area contributed by atoms with E-state index in [1.807, 2.05) is 42.5 Å². The Morgan fingerprint density at radius 3 is 2.60 bits per heavy atom. The van der Waals surface area contributed by atoms with Crippen molar-refractivity contribution in [2.75, 3.05) is 7.11 Å². The lowest BCUT2D eigenvalue weighted by molar-refractivity contribution is 0.415. The predicted molar refractivity (Wildman–Crippen MR) is 84.5 cm³/mol. The van der Waals surface area contributed by atoms with E-state index in [-0.39, 0.29) is 0 Å². The highest BCUT2D eigenvalue weighted by Crippen LogP contribution is 2.18. The number of hydrogen-bond acceptors (Lipinski definition) is 3. The first kappa shape index (κ1) is 12.8. The number of thiocarbonyl (C=S) groups is 1. The van der Waals surface area contributed by atoms with E-state index in [2.05, 4.69) is 16.6 Å². The summed E-state index contributed by atoms with van der Waals surface area (Å²) in [4.78, 5) is 0.670. The van der Waals surface area contributed by atoms with Crippen molar-refractivity contribution in [1.29, 1.82) is 0 Å². The molecular weight excluding hydrogens is 268 g/mol. The summed E-state index contributed by atoms with van der Waals surface area (Å²) in [5, 5.41) is 4.43. The molecule has 0 unspecified atom stereocenters. The zero-order valence-electron chi connectivity index (χ0n) is 11.1. The monoisotopic (exact) mass is 282 g/mol. The number of ether oxygens (including phenoxy) is 1. The molecule has 100 valence electrons. The van der Waals surface area contributed by atoms with Crippen molar-refractivity contribution in [2.24, 2.45) is 5.10 Å². The first-order chi connectivity index (χ1) is 9.78. The van der Waals surface area contributed by atoms with Gasteiger partial charge in [0.2, 0.25) is 0 Å². The van der Waals surface area contributed by atoms with Gasteiger partial charge in [-0.25, -0.2) is 0 Å². The van der Waals surface area contributed by atoms with Gasteiger partial charge in [-0.15, -0.1) is 0 Å². The number of hydrogen-bond donors (Lipinski definition) is 1. The Morgan fingerprint density at radius 2 is 1.85 bits per heavy atom. The molecule has 0 spiro atoms. The maximum absolute atomic E-state index is 5.35. The quantitative estimate of drug-likeness (QED) is 0.860. The fourth-order valence-corrected chi connectivity index (χ4v) is 2.49. The van der Waals surface area contributed by atoms with Crippen molar-refractivity contribution in [3.63, 3.8) is 0 Å². The minimum atomic E-state index is 0.670. The van der Waals surface area contributed by atoms with Gasteiger partial charge in [-0.05, 0) is 35.4 Å². The highest BCUT2D eigenvalue weighted by molar-refractivity contribution is 7.80. The third kappa shape index (κ3) is 2.42. The summed E-state index contributed by atoms with van der Waals surface area (Å²) in [5.74, 6) is 0.840. The number of nitrogens with zero attached hydrogens (tertiary/aromatic N) is 1. The van der Waals surface area contributed by atoms with E-state index in [4.69, 9.17) is 17.0 Å². The Hall–Kier alpha value is -2.20. The molecular formula is C16H14N2OS. The van der Waals surface area contributed by atoms with Crippen LogP contribution in [0.15, 0.2) is 53.6 Å². The van der Waals surface area contributed by atoms with Crippen LogP contribution in [0.4, 0.5) is 0 Å². The van der Waals surface area contributed by atoms with Crippen molar-refractivity contribution in [3.8, 4) is 5.75 Å². The molecule has 0 fully saturated rings. The molecule has 0 aliphatic carbocycles. The van der Waals surface area contributed by atoms with Crippen molar-refractivity contribution in [2.45, 2.75) is 6.42 Å². The Morgan fingerprint density at radius 1 is 1.10 bits per heavy atom. The van der Waals surface area contributed by atoms with E-state index >= 15 is 0 Å². The number of hydrazone groups is 1. The minimum Gasteiger partial charge on any atom is -0.497 e. The van der Waals surface area contributed by atoms with Gasteiger partial charge in [-0.2, -0.15) is 5.10 Å². The fourth-order valence-electron chi connectivity index (χ4n) is 2.24. The first-order valence-corrected chi connectivity index (χ1v) is 6.78. The van der Waals surface area contributed by atoms with Crippen molar-refractivity contribution in [3.05, 3.63) is 65.2 Å². The van der Waals surface area contributed by atoms with Crippen LogP contribution in [-0.2, 0) is 6.42 Å². The molecule has 0 radical (unpaired) electrons. The molecule has 2 aromatic rings. The standard InChI is InChI=1S/C16H14N2OS/c1-19-13-8-6-11(7-9-13)15-10-12-4-2-3-5-14(12)16(20)18-17-15/h2-9H,10H2,1H3,(H,18,20). The minimum absolute atomic E-state index is 0.670. The summed E-state index contributed by atoms with van der Waals surface area (Å²) in [5.41, 5.74) is 7.25. The van der Waals surface area contributed by atoms with E-state index in [9.17, 15) is 0 Å². The summed E-state index contributed by atoms with van der Waals surface area (Å²) in [6, 6.07) is 16.0. The normalized spacial score (nSPS) is 13.8.